The van der Waals surface area contributed by atoms with Crippen LogP contribution < -0.4 is 5.32 Å². The Labute approximate surface area is 118 Å². The Bertz CT molecular complexity index is 535. The van der Waals surface area contributed by atoms with Gasteiger partial charge in [-0.15, -0.1) is 0 Å². The number of ether oxygens (including phenoxy) is 1. The van der Waals surface area contributed by atoms with Crippen molar-refractivity contribution in [3.05, 3.63) is 18.0 Å². The van der Waals surface area contributed by atoms with Gasteiger partial charge in [0.1, 0.15) is 5.92 Å². The van der Waals surface area contributed by atoms with Crippen LogP contribution in [0.25, 0.3) is 0 Å². The largest absolute Gasteiger partial charge is 0.471 e. The van der Waals surface area contributed by atoms with Crippen molar-refractivity contribution in [1.82, 2.24) is 4.98 Å². The summed E-state index contributed by atoms with van der Waals surface area (Å²) in [5, 5.41) is 1.79. The number of hydrogen-bond acceptors (Lipinski definition) is 3. The Kier molecular flexibility index (Phi) is 4.24. The molecule has 1 aliphatic rings. The van der Waals surface area contributed by atoms with Crippen LogP contribution in [0, 0.1) is 5.92 Å². The molecule has 0 bridgehead atoms. The van der Waals surface area contributed by atoms with E-state index >= 15 is 0 Å². The molecular weight excluding hydrogens is 289 g/mol. The van der Waals surface area contributed by atoms with Gasteiger partial charge in [0, 0.05) is 6.20 Å². The van der Waals surface area contributed by atoms with Crippen molar-refractivity contribution in [1.29, 1.82) is 0 Å². The molecule has 2 N–H and O–H groups in total. The van der Waals surface area contributed by atoms with Crippen LogP contribution in [-0.2, 0) is 14.3 Å². The predicted molar refractivity (Wildman–Crippen MR) is 67.6 cm³/mol. The molecule has 5 nitrogen and oxygen atoms in total. The van der Waals surface area contributed by atoms with Gasteiger partial charge in [0.15, 0.2) is 0 Å². The van der Waals surface area contributed by atoms with Crippen LogP contribution in [0.5, 0.6) is 0 Å². The number of anilines is 1. The molecule has 1 unspecified atom stereocenters. The maximum absolute atomic E-state index is 12.3. The number of hydrogen-bond donors (Lipinski definition) is 2. The van der Waals surface area contributed by atoms with E-state index in [9.17, 15) is 22.8 Å². The summed E-state index contributed by atoms with van der Waals surface area (Å²) in [4.78, 5) is 25.7. The Morgan fingerprint density at radius 3 is 2.67 bits per heavy atom. The predicted octanol–water partition coefficient (Wildman–Crippen LogP) is 2.57. The lowest BCUT2D eigenvalue weighted by molar-refractivity contribution is -0.167. The third-order valence-electron chi connectivity index (χ3n) is 3.23. The molecule has 1 atom stereocenters. The summed E-state index contributed by atoms with van der Waals surface area (Å²) < 4.78 is 41.9. The third kappa shape index (κ3) is 3.56. The van der Waals surface area contributed by atoms with Crippen LogP contribution in [0.1, 0.15) is 31.4 Å². The molecule has 1 amide bonds. The van der Waals surface area contributed by atoms with Crippen LogP contribution >= 0.6 is 0 Å². The van der Waals surface area contributed by atoms with Gasteiger partial charge in [0.2, 0.25) is 0 Å². The second-order valence-corrected chi connectivity index (χ2v) is 4.82. The Balaban J connectivity index is 2.21. The van der Waals surface area contributed by atoms with Gasteiger partial charge in [0.25, 0.3) is 0 Å². The summed E-state index contributed by atoms with van der Waals surface area (Å²) in [6.45, 7) is 1.84. The van der Waals surface area contributed by atoms with Crippen molar-refractivity contribution in [2.75, 3.05) is 11.9 Å². The fourth-order valence-corrected chi connectivity index (χ4v) is 2.15. The number of nitrogens with one attached hydrogen (secondary N) is 2. The zero-order valence-corrected chi connectivity index (χ0v) is 11.3. The first-order valence-electron chi connectivity index (χ1n) is 6.56. The maximum atomic E-state index is 12.3. The molecule has 0 spiro atoms. The molecule has 0 aliphatic heterocycles. The Hall–Kier alpha value is -1.99. The Morgan fingerprint density at radius 2 is 2.14 bits per heavy atom. The van der Waals surface area contributed by atoms with Crippen molar-refractivity contribution in [3.8, 4) is 0 Å². The van der Waals surface area contributed by atoms with E-state index < -0.39 is 24.0 Å². The highest BCUT2D eigenvalue weighted by atomic mass is 19.4. The van der Waals surface area contributed by atoms with Gasteiger partial charge in [0.05, 0.1) is 18.0 Å². The smallest absolute Gasteiger partial charge is 0.465 e. The summed E-state index contributed by atoms with van der Waals surface area (Å²) in [5.74, 6) is -3.21. The maximum Gasteiger partial charge on any atom is 0.471 e. The van der Waals surface area contributed by atoms with Crippen LogP contribution in [0.3, 0.4) is 0 Å². The number of rotatable bonds is 5. The molecule has 21 heavy (non-hydrogen) atoms. The molecule has 116 valence electrons. The van der Waals surface area contributed by atoms with Crippen LogP contribution in [0.2, 0.25) is 0 Å². The number of H-pyrrole nitrogens is 1. The molecule has 8 heteroatoms. The van der Waals surface area contributed by atoms with Crippen molar-refractivity contribution in [2.24, 2.45) is 5.92 Å². The lowest BCUT2D eigenvalue weighted by Crippen LogP contribution is -2.30. The van der Waals surface area contributed by atoms with Gasteiger partial charge in [-0.05, 0) is 31.7 Å². The van der Waals surface area contributed by atoms with E-state index in [0.717, 1.165) is 12.8 Å². The molecule has 1 aliphatic carbocycles. The summed E-state index contributed by atoms with van der Waals surface area (Å²) >= 11 is 0. The first-order chi connectivity index (χ1) is 9.84. The summed E-state index contributed by atoms with van der Waals surface area (Å²) in [6, 6.07) is 1.30. The highest BCUT2D eigenvalue weighted by Crippen LogP contribution is 2.45. The zero-order chi connectivity index (χ0) is 15.6. The van der Waals surface area contributed by atoms with Gasteiger partial charge < -0.3 is 15.0 Å². The minimum absolute atomic E-state index is 0.0317. The zero-order valence-electron chi connectivity index (χ0n) is 11.3. The molecule has 0 aromatic carbocycles. The summed E-state index contributed by atoms with van der Waals surface area (Å²) in [5.41, 5.74) is 0.218. The number of amides is 1. The van der Waals surface area contributed by atoms with E-state index in [0.29, 0.717) is 0 Å². The molecule has 0 radical (unpaired) electrons. The molecule has 1 saturated carbocycles. The lowest BCUT2D eigenvalue weighted by Gasteiger charge is -2.16. The fourth-order valence-electron chi connectivity index (χ4n) is 2.15. The van der Waals surface area contributed by atoms with E-state index in [1.165, 1.54) is 12.3 Å². The van der Waals surface area contributed by atoms with E-state index in [1.807, 2.05) is 0 Å². The second-order valence-electron chi connectivity index (χ2n) is 4.82. The fraction of sp³-hybridized carbons (Fsp3) is 0.538. The van der Waals surface area contributed by atoms with Crippen molar-refractivity contribution < 1.29 is 27.5 Å². The van der Waals surface area contributed by atoms with Gasteiger partial charge >= 0.3 is 18.1 Å². The molecule has 1 aromatic rings. The number of halogens is 3. The number of alkyl halides is 3. The van der Waals surface area contributed by atoms with Gasteiger partial charge in [-0.3, -0.25) is 9.59 Å². The second kappa shape index (κ2) is 5.79. The van der Waals surface area contributed by atoms with E-state index in [1.54, 1.807) is 12.2 Å². The van der Waals surface area contributed by atoms with Gasteiger partial charge in [-0.25, -0.2) is 0 Å². The first-order valence-corrected chi connectivity index (χ1v) is 6.56. The average molecular weight is 304 g/mol. The van der Waals surface area contributed by atoms with E-state index in [-0.39, 0.29) is 23.9 Å². The normalized spacial score (nSPS) is 16.4. The van der Waals surface area contributed by atoms with Crippen molar-refractivity contribution in [3.63, 3.8) is 0 Å². The monoisotopic (exact) mass is 304 g/mol. The molecule has 1 heterocycles. The highest BCUT2D eigenvalue weighted by molar-refractivity contribution is 5.96. The minimum Gasteiger partial charge on any atom is -0.465 e. The lowest BCUT2D eigenvalue weighted by atomic mass is 9.99. The van der Waals surface area contributed by atoms with E-state index in [4.69, 9.17) is 4.74 Å². The van der Waals surface area contributed by atoms with Gasteiger partial charge in [-0.1, -0.05) is 0 Å². The molecule has 1 aromatic heterocycles. The van der Waals surface area contributed by atoms with Crippen molar-refractivity contribution in [2.45, 2.75) is 31.9 Å². The van der Waals surface area contributed by atoms with Crippen molar-refractivity contribution >= 4 is 17.6 Å². The molecule has 1 fully saturated rings. The topological polar surface area (TPSA) is 71.2 Å². The molecular formula is C13H15F3N2O3. The third-order valence-corrected chi connectivity index (χ3v) is 3.23. The Morgan fingerprint density at radius 1 is 1.48 bits per heavy atom. The quantitative estimate of drug-likeness (QED) is 0.821. The van der Waals surface area contributed by atoms with Crippen LogP contribution in [-0.4, -0.2) is 29.6 Å². The number of aromatic nitrogens is 1. The highest BCUT2D eigenvalue weighted by Gasteiger charge is 2.42. The van der Waals surface area contributed by atoms with Gasteiger partial charge in [-0.2, -0.15) is 13.2 Å². The number of carbonyl (C=O) groups is 2. The minimum atomic E-state index is -4.98. The summed E-state index contributed by atoms with van der Waals surface area (Å²) in [6.07, 6.45) is -1.99. The number of aromatic amines is 1. The average Bonchev–Trinajstić information content (AvgIpc) is 3.10. The molecule has 0 saturated heterocycles. The summed E-state index contributed by atoms with van der Waals surface area (Å²) in [7, 11) is 0. The van der Waals surface area contributed by atoms with Crippen LogP contribution in [0.4, 0.5) is 18.9 Å². The molecule has 2 rings (SSSR count). The SMILES string of the molecule is CCOC(=O)C(c1[nH]ccc1NC(=O)C(F)(F)F)C1CC1. The standard InChI is InChI=1S/C13H15F3N2O3/c1-2-21-11(19)9(7-3-4-7)10-8(5-6-17-10)18-12(20)13(14,15)16/h5-7,9,17H,2-4H2,1H3,(H,18,20). The number of esters is 1. The van der Waals surface area contributed by atoms with E-state index in [2.05, 4.69) is 4.98 Å². The van der Waals surface area contributed by atoms with Crippen LogP contribution in [0.15, 0.2) is 12.3 Å². The number of carbonyl (C=O) groups excluding carboxylic acids is 2. The first kappa shape index (κ1) is 15.4.